The zero-order chi connectivity index (χ0) is 15.7. The summed E-state index contributed by atoms with van der Waals surface area (Å²) in [6.07, 6.45) is 0. The summed E-state index contributed by atoms with van der Waals surface area (Å²) in [6, 6.07) is 3.84. The molecule has 0 aromatic heterocycles. The zero-order valence-corrected chi connectivity index (χ0v) is 11.5. The number of oxime groups is 1. The van der Waals surface area contributed by atoms with Crippen LogP contribution in [0, 0.1) is 10.1 Å². The Morgan fingerprint density at radius 1 is 1.38 bits per heavy atom. The molecule has 0 unspecified atom stereocenters. The van der Waals surface area contributed by atoms with Gasteiger partial charge in [0.1, 0.15) is 12.4 Å². The van der Waals surface area contributed by atoms with Crippen molar-refractivity contribution < 1.29 is 24.3 Å². The van der Waals surface area contributed by atoms with E-state index in [0.717, 1.165) is 0 Å². The van der Waals surface area contributed by atoms with Crippen molar-refractivity contribution in [3.8, 4) is 5.75 Å². The van der Waals surface area contributed by atoms with E-state index >= 15 is 0 Å². The highest BCUT2D eigenvalue weighted by Gasteiger charge is 2.15. The Labute approximate surface area is 121 Å². The van der Waals surface area contributed by atoms with Gasteiger partial charge in [0, 0.05) is 19.2 Å². The summed E-state index contributed by atoms with van der Waals surface area (Å²) in [4.78, 5) is 10.1. The highest BCUT2D eigenvalue weighted by Crippen LogP contribution is 2.24. The Morgan fingerprint density at radius 3 is 2.71 bits per heavy atom. The van der Waals surface area contributed by atoms with Crippen LogP contribution in [-0.2, 0) is 9.47 Å². The number of hydrogen-bond acceptors (Lipinski definition) is 7. The number of amidine groups is 1. The molecule has 1 aromatic carbocycles. The molecular formula is C12H17N3O6. The second-order valence-corrected chi connectivity index (χ2v) is 3.88. The molecule has 0 bridgehead atoms. The minimum absolute atomic E-state index is 0.142. The van der Waals surface area contributed by atoms with Crippen LogP contribution in [0.2, 0.25) is 0 Å². The smallest absolute Gasteiger partial charge is 0.270 e. The van der Waals surface area contributed by atoms with Crippen LogP contribution in [0.25, 0.3) is 0 Å². The predicted octanol–water partition coefficient (Wildman–Crippen LogP) is 0.731. The van der Waals surface area contributed by atoms with Crippen LogP contribution in [0.3, 0.4) is 0 Å². The first-order chi connectivity index (χ1) is 10.1. The summed E-state index contributed by atoms with van der Waals surface area (Å²) in [5.74, 6) is 0.000225. The van der Waals surface area contributed by atoms with Crippen molar-refractivity contribution in [1.29, 1.82) is 0 Å². The average molecular weight is 299 g/mol. The summed E-state index contributed by atoms with van der Waals surface area (Å²) in [6.45, 7) is 1.45. The molecule has 0 aliphatic rings. The maximum absolute atomic E-state index is 10.7. The molecule has 0 saturated carbocycles. The summed E-state index contributed by atoms with van der Waals surface area (Å²) >= 11 is 0. The van der Waals surface area contributed by atoms with Gasteiger partial charge < -0.3 is 25.2 Å². The highest BCUT2D eigenvalue weighted by atomic mass is 16.6. The number of nitro groups is 1. The molecule has 9 heteroatoms. The normalized spacial score (nSPS) is 11.4. The van der Waals surface area contributed by atoms with Crippen molar-refractivity contribution in [3.05, 3.63) is 33.9 Å². The van der Waals surface area contributed by atoms with E-state index in [1.54, 1.807) is 7.11 Å². The molecule has 0 saturated heterocycles. The molecule has 0 fully saturated rings. The topological polar surface area (TPSA) is 129 Å². The summed E-state index contributed by atoms with van der Waals surface area (Å²) < 4.78 is 15.4. The van der Waals surface area contributed by atoms with Crippen molar-refractivity contribution in [2.24, 2.45) is 10.9 Å². The Morgan fingerprint density at radius 2 is 2.10 bits per heavy atom. The van der Waals surface area contributed by atoms with Gasteiger partial charge in [0.25, 0.3) is 5.69 Å². The Hall–Kier alpha value is -2.39. The second-order valence-electron chi connectivity index (χ2n) is 3.88. The quantitative estimate of drug-likeness (QED) is 0.172. The van der Waals surface area contributed by atoms with Crippen molar-refractivity contribution in [1.82, 2.24) is 0 Å². The number of nitrogens with zero attached hydrogens (tertiary/aromatic N) is 2. The molecule has 0 aliphatic carbocycles. The third kappa shape index (κ3) is 5.24. The van der Waals surface area contributed by atoms with Crippen LogP contribution in [0.5, 0.6) is 5.75 Å². The molecule has 0 heterocycles. The SMILES string of the molecule is COCCOCCOc1ccc([N+](=O)[O-])cc1/C(N)=N/O. The van der Waals surface area contributed by atoms with E-state index in [0.29, 0.717) is 19.8 Å². The number of benzene rings is 1. The Kier molecular flexibility index (Phi) is 6.92. The number of methoxy groups -OCH3 is 1. The van der Waals surface area contributed by atoms with Gasteiger partial charge in [0.15, 0.2) is 5.84 Å². The first kappa shape index (κ1) is 16.7. The molecule has 0 spiro atoms. The fraction of sp³-hybridized carbons (Fsp3) is 0.417. The molecule has 0 radical (unpaired) electrons. The standard InChI is InChI=1S/C12H17N3O6/c1-19-4-5-20-6-7-21-11-3-2-9(15(17)18)8-10(11)12(13)14-16/h2-3,8,16H,4-7H2,1H3,(H2,13,14). The molecule has 0 atom stereocenters. The Bertz CT molecular complexity index is 506. The molecule has 9 nitrogen and oxygen atoms in total. The van der Waals surface area contributed by atoms with Crippen LogP contribution in [0.4, 0.5) is 5.69 Å². The molecule has 21 heavy (non-hydrogen) atoms. The van der Waals surface area contributed by atoms with Crippen LogP contribution in [0.15, 0.2) is 23.4 Å². The number of hydrogen-bond donors (Lipinski definition) is 2. The van der Waals surface area contributed by atoms with Gasteiger partial charge in [-0.1, -0.05) is 5.16 Å². The van der Waals surface area contributed by atoms with Gasteiger partial charge in [0.2, 0.25) is 0 Å². The number of nitro benzene ring substituents is 1. The minimum Gasteiger partial charge on any atom is -0.490 e. The van der Waals surface area contributed by atoms with Crippen LogP contribution in [-0.4, -0.2) is 49.5 Å². The van der Waals surface area contributed by atoms with Crippen molar-refractivity contribution in [3.63, 3.8) is 0 Å². The van der Waals surface area contributed by atoms with Gasteiger partial charge in [0.05, 0.1) is 30.3 Å². The fourth-order valence-electron chi connectivity index (χ4n) is 1.47. The van der Waals surface area contributed by atoms with Gasteiger partial charge in [-0.15, -0.1) is 0 Å². The molecule has 3 N–H and O–H groups in total. The van der Waals surface area contributed by atoms with E-state index in [9.17, 15) is 10.1 Å². The average Bonchev–Trinajstić information content (AvgIpc) is 2.49. The van der Waals surface area contributed by atoms with E-state index in [2.05, 4.69) is 5.16 Å². The van der Waals surface area contributed by atoms with E-state index in [1.807, 2.05) is 0 Å². The van der Waals surface area contributed by atoms with Crippen molar-refractivity contribution in [2.75, 3.05) is 33.5 Å². The molecule has 116 valence electrons. The fourth-order valence-corrected chi connectivity index (χ4v) is 1.47. The predicted molar refractivity (Wildman–Crippen MR) is 73.8 cm³/mol. The number of ether oxygens (including phenoxy) is 3. The largest absolute Gasteiger partial charge is 0.490 e. The molecule has 1 rings (SSSR count). The maximum Gasteiger partial charge on any atom is 0.270 e. The van der Waals surface area contributed by atoms with E-state index in [4.69, 9.17) is 25.2 Å². The van der Waals surface area contributed by atoms with Crippen LogP contribution < -0.4 is 10.5 Å². The van der Waals surface area contributed by atoms with Crippen molar-refractivity contribution >= 4 is 11.5 Å². The van der Waals surface area contributed by atoms with Crippen LogP contribution in [0.1, 0.15) is 5.56 Å². The molecular weight excluding hydrogens is 282 g/mol. The van der Waals surface area contributed by atoms with E-state index < -0.39 is 4.92 Å². The number of nitrogens with two attached hydrogens (primary N) is 1. The van der Waals surface area contributed by atoms with E-state index in [-0.39, 0.29) is 29.4 Å². The monoisotopic (exact) mass is 299 g/mol. The lowest BCUT2D eigenvalue weighted by molar-refractivity contribution is -0.384. The lowest BCUT2D eigenvalue weighted by Gasteiger charge is -2.10. The van der Waals surface area contributed by atoms with Crippen LogP contribution >= 0.6 is 0 Å². The number of non-ortho nitro benzene ring substituents is 1. The molecule has 0 amide bonds. The van der Waals surface area contributed by atoms with Gasteiger partial charge >= 0.3 is 0 Å². The summed E-state index contributed by atoms with van der Waals surface area (Å²) in [5, 5.41) is 22.3. The lowest BCUT2D eigenvalue weighted by atomic mass is 10.1. The van der Waals surface area contributed by atoms with Gasteiger partial charge in [-0.2, -0.15) is 0 Å². The van der Waals surface area contributed by atoms with Gasteiger partial charge in [-0.05, 0) is 6.07 Å². The van der Waals surface area contributed by atoms with Gasteiger partial charge in [-0.3, -0.25) is 10.1 Å². The third-order valence-corrected chi connectivity index (χ3v) is 2.47. The summed E-state index contributed by atoms with van der Waals surface area (Å²) in [5.41, 5.74) is 5.45. The Balaban J connectivity index is 2.70. The second kappa shape index (κ2) is 8.72. The van der Waals surface area contributed by atoms with Gasteiger partial charge in [-0.25, -0.2) is 0 Å². The summed E-state index contributed by atoms with van der Waals surface area (Å²) in [7, 11) is 1.57. The third-order valence-electron chi connectivity index (χ3n) is 2.47. The zero-order valence-electron chi connectivity index (χ0n) is 11.5. The first-order valence-electron chi connectivity index (χ1n) is 6.06. The lowest BCUT2D eigenvalue weighted by Crippen LogP contribution is -2.17. The molecule has 0 aliphatic heterocycles. The maximum atomic E-state index is 10.7. The first-order valence-corrected chi connectivity index (χ1v) is 6.06. The number of rotatable bonds is 9. The minimum atomic E-state index is -0.578. The van der Waals surface area contributed by atoms with Crippen molar-refractivity contribution in [2.45, 2.75) is 0 Å². The highest BCUT2D eigenvalue weighted by molar-refractivity contribution is 6.00. The molecule has 1 aromatic rings. The van der Waals surface area contributed by atoms with E-state index in [1.165, 1.54) is 18.2 Å².